The lowest BCUT2D eigenvalue weighted by Crippen LogP contribution is -2.28. The van der Waals surface area contributed by atoms with Crippen molar-refractivity contribution >= 4 is 17.2 Å². The smallest absolute Gasteiger partial charge is 0.282 e. The van der Waals surface area contributed by atoms with Crippen molar-refractivity contribution < 1.29 is 14.3 Å². The van der Waals surface area contributed by atoms with Gasteiger partial charge in [-0.25, -0.2) is 4.39 Å². The van der Waals surface area contributed by atoms with E-state index in [1.165, 1.54) is 29.0 Å². The molecule has 8 heteroatoms. The summed E-state index contributed by atoms with van der Waals surface area (Å²) in [6, 6.07) is 16.1. The van der Waals surface area contributed by atoms with E-state index in [9.17, 15) is 14.3 Å². The van der Waals surface area contributed by atoms with Gasteiger partial charge in [-0.1, -0.05) is 53.8 Å². The highest BCUT2D eigenvalue weighted by Crippen LogP contribution is 2.13. The molecule has 2 aromatic carbocycles. The summed E-state index contributed by atoms with van der Waals surface area (Å²) >= 11 is 1.24. The molecule has 152 valence electrons. The monoisotopic (exact) mass is 414 g/mol. The summed E-state index contributed by atoms with van der Waals surface area (Å²) in [5, 5.41) is 21.2. The standard InChI is InChI=1S/C21H23FN4O2S/c22-18-8-6-17(7-9-18)14-23-20(28)21-25-24-19(29-21)15-26(12-13-27)11-10-16-4-2-1-3-5-16/h1-9,27H,10-15H2,(H,23,28). The second kappa shape index (κ2) is 10.8. The van der Waals surface area contributed by atoms with Gasteiger partial charge in [0.2, 0.25) is 5.01 Å². The molecule has 3 rings (SSSR count). The molecule has 0 unspecified atom stereocenters. The zero-order chi connectivity index (χ0) is 20.5. The third-order valence-electron chi connectivity index (χ3n) is 4.36. The van der Waals surface area contributed by atoms with Gasteiger partial charge in [-0.15, -0.1) is 10.2 Å². The minimum atomic E-state index is -0.312. The van der Waals surface area contributed by atoms with E-state index in [0.29, 0.717) is 19.6 Å². The zero-order valence-electron chi connectivity index (χ0n) is 15.9. The van der Waals surface area contributed by atoms with Crippen LogP contribution in [0.25, 0.3) is 0 Å². The van der Waals surface area contributed by atoms with Crippen LogP contribution in [0.3, 0.4) is 0 Å². The number of carbonyl (C=O) groups excluding carboxylic acids is 1. The second-order valence-corrected chi connectivity index (χ2v) is 7.61. The lowest BCUT2D eigenvalue weighted by molar-refractivity contribution is 0.0950. The van der Waals surface area contributed by atoms with Crippen molar-refractivity contribution in [2.75, 3.05) is 19.7 Å². The minimum absolute atomic E-state index is 0.0542. The van der Waals surface area contributed by atoms with Crippen LogP contribution in [-0.4, -0.2) is 45.8 Å². The molecule has 1 aromatic heterocycles. The van der Waals surface area contributed by atoms with Gasteiger partial charge in [-0.05, 0) is 29.7 Å². The van der Waals surface area contributed by atoms with Crippen LogP contribution >= 0.6 is 11.3 Å². The largest absolute Gasteiger partial charge is 0.395 e. The van der Waals surface area contributed by atoms with Gasteiger partial charge in [-0.3, -0.25) is 9.69 Å². The maximum absolute atomic E-state index is 12.9. The van der Waals surface area contributed by atoms with Crippen LogP contribution in [0.15, 0.2) is 54.6 Å². The predicted octanol–water partition coefficient (Wildman–Crippen LogP) is 2.64. The molecule has 0 spiro atoms. The highest BCUT2D eigenvalue weighted by molar-refractivity contribution is 7.13. The molecule has 0 aliphatic rings. The summed E-state index contributed by atoms with van der Waals surface area (Å²) in [4.78, 5) is 14.4. The molecular weight excluding hydrogens is 391 g/mol. The van der Waals surface area contributed by atoms with Gasteiger partial charge >= 0.3 is 0 Å². The number of carbonyl (C=O) groups is 1. The van der Waals surface area contributed by atoms with Crippen molar-refractivity contribution in [3.05, 3.63) is 81.6 Å². The SMILES string of the molecule is O=C(NCc1ccc(F)cc1)c1nnc(CN(CCO)CCc2ccccc2)s1. The van der Waals surface area contributed by atoms with E-state index < -0.39 is 0 Å². The molecule has 0 aliphatic heterocycles. The van der Waals surface area contributed by atoms with Gasteiger partial charge < -0.3 is 10.4 Å². The van der Waals surface area contributed by atoms with Crippen LogP contribution in [0.2, 0.25) is 0 Å². The number of amides is 1. The van der Waals surface area contributed by atoms with Crippen molar-refractivity contribution in [2.45, 2.75) is 19.5 Å². The Hall–Kier alpha value is -2.68. The van der Waals surface area contributed by atoms with Gasteiger partial charge in [0.15, 0.2) is 0 Å². The van der Waals surface area contributed by atoms with Crippen LogP contribution in [0.1, 0.15) is 25.9 Å². The van der Waals surface area contributed by atoms with Crippen molar-refractivity contribution in [1.29, 1.82) is 0 Å². The highest BCUT2D eigenvalue weighted by atomic mass is 32.1. The second-order valence-electron chi connectivity index (χ2n) is 6.55. The molecule has 1 amide bonds. The Labute approximate surface area is 173 Å². The van der Waals surface area contributed by atoms with Crippen LogP contribution in [0, 0.1) is 5.82 Å². The van der Waals surface area contributed by atoms with Gasteiger partial charge in [-0.2, -0.15) is 0 Å². The normalized spacial score (nSPS) is 11.0. The van der Waals surface area contributed by atoms with Gasteiger partial charge in [0.1, 0.15) is 10.8 Å². The summed E-state index contributed by atoms with van der Waals surface area (Å²) < 4.78 is 12.9. The maximum atomic E-state index is 12.9. The van der Waals surface area contributed by atoms with E-state index in [-0.39, 0.29) is 23.3 Å². The Kier molecular flexibility index (Phi) is 7.80. The number of nitrogens with zero attached hydrogens (tertiary/aromatic N) is 3. The molecule has 0 bridgehead atoms. The first-order chi connectivity index (χ1) is 14.1. The summed E-state index contributed by atoms with van der Waals surface area (Å²) in [5.74, 6) is -0.621. The number of halogens is 1. The van der Waals surface area contributed by atoms with E-state index in [1.807, 2.05) is 18.2 Å². The van der Waals surface area contributed by atoms with Crippen LogP contribution in [-0.2, 0) is 19.5 Å². The highest BCUT2D eigenvalue weighted by Gasteiger charge is 2.15. The van der Waals surface area contributed by atoms with E-state index in [2.05, 4.69) is 32.5 Å². The first-order valence-electron chi connectivity index (χ1n) is 9.36. The Bertz CT molecular complexity index is 903. The number of rotatable bonds is 10. The molecule has 0 atom stereocenters. The average Bonchev–Trinajstić information content (AvgIpc) is 3.21. The lowest BCUT2D eigenvalue weighted by atomic mass is 10.1. The fraction of sp³-hybridized carbons (Fsp3) is 0.286. The fourth-order valence-electron chi connectivity index (χ4n) is 2.80. The topological polar surface area (TPSA) is 78.4 Å². The van der Waals surface area contributed by atoms with Gasteiger partial charge in [0, 0.05) is 19.6 Å². The van der Waals surface area contributed by atoms with Crippen LogP contribution < -0.4 is 5.32 Å². The van der Waals surface area contributed by atoms with Crippen LogP contribution in [0.5, 0.6) is 0 Å². The Balaban J connectivity index is 1.52. The van der Waals surface area contributed by atoms with Crippen molar-refractivity contribution in [1.82, 2.24) is 20.4 Å². The Morgan fingerprint density at radius 1 is 1.03 bits per heavy atom. The minimum Gasteiger partial charge on any atom is -0.395 e. The third kappa shape index (κ3) is 6.70. The summed E-state index contributed by atoms with van der Waals surface area (Å²) in [6.45, 7) is 2.17. The number of aromatic nitrogens is 2. The molecule has 1 heterocycles. The average molecular weight is 415 g/mol. The first-order valence-corrected chi connectivity index (χ1v) is 10.2. The molecule has 6 nitrogen and oxygen atoms in total. The van der Waals surface area contributed by atoms with Crippen molar-refractivity contribution in [3.8, 4) is 0 Å². The third-order valence-corrected chi connectivity index (χ3v) is 5.27. The van der Waals surface area contributed by atoms with Crippen molar-refractivity contribution in [3.63, 3.8) is 0 Å². The Morgan fingerprint density at radius 2 is 1.79 bits per heavy atom. The number of benzene rings is 2. The molecule has 0 radical (unpaired) electrons. The molecule has 0 saturated carbocycles. The van der Waals surface area contributed by atoms with Gasteiger partial charge in [0.05, 0.1) is 13.2 Å². The predicted molar refractivity (Wildman–Crippen MR) is 110 cm³/mol. The summed E-state index contributed by atoms with van der Waals surface area (Å²) in [5.41, 5.74) is 2.04. The van der Waals surface area contributed by atoms with Crippen molar-refractivity contribution in [2.24, 2.45) is 0 Å². The number of aliphatic hydroxyl groups excluding tert-OH is 1. The molecular formula is C21H23FN4O2S. The molecule has 3 aromatic rings. The quantitative estimate of drug-likeness (QED) is 0.533. The van der Waals surface area contributed by atoms with Crippen LogP contribution in [0.4, 0.5) is 4.39 Å². The molecule has 0 aliphatic carbocycles. The number of hydrogen-bond acceptors (Lipinski definition) is 6. The van der Waals surface area contributed by atoms with E-state index in [4.69, 9.17) is 0 Å². The van der Waals surface area contributed by atoms with E-state index in [1.54, 1.807) is 12.1 Å². The van der Waals surface area contributed by atoms with E-state index >= 15 is 0 Å². The molecule has 29 heavy (non-hydrogen) atoms. The number of aliphatic hydroxyl groups is 1. The number of hydrogen-bond donors (Lipinski definition) is 2. The van der Waals surface area contributed by atoms with Gasteiger partial charge in [0.25, 0.3) is 5.91 Å². The van der Waals surface area contributed by atoms with E-state index in [0.717, 1.165) is 23.5 Å². The fourth-order valence-corrected chi connectivity index (χ4v) is 3.60. The summed E-state index contributed by atoms with van der Waals surface area (Å²) in [7, 11) is 0. The molecule has 0 fully saturated rings. The summed E-state index contributed by atoms with van der Waals surface area (Å²) in [6.07, 6.45) is 0.866. The maximum Gasteiger partial charge on any atom is 0.282 e. The molecule has 0 saturated heterocycles. The lowest BCUT2D eigenvalue weighted by Gasteiger charge is -2.19. The Morgan fingerprint density at radius 3 is 2.52 bits per heavy atom. The zero-order valence-corrected chi connectivity index (χ0v) is 16.7. The number of nitrogens with one attached hydrogen (secondary N) is 1. The first kappa shape index (κ1) is 21.0. The molecule has 2 N–H and O–H groups in total.